The van der Waals surface area contributed by atoms with Crippen LogP contribution in [0.25, 0.3) is 0 Å². The lowest BCUT2D eigenvalue weighted by Gasteiger charge is -1.80. The second kappa shape index (κ2) is 8.03. The monoisotopic (exact) mass is 139 g/mol. The molecular weight excluding hydrogens is 126 g/mol. The fourth-order valence-electron chi connectivity index (χ4n) is 0.443. The Hall–Kier alpha value is -0.970. The second-order valence-electron chi connectivity index (χ2n) is 1.78. The molecule has 0 aromatic carbocycles. The maximum Gasteiger partial charge on any atom is 0.106 e. The van der Waals surface area contributed by atoms with Gasteiger partial charge >= 0.3 is 0 Å². The fraction of sp³-hybridized carbons (Fsp3) is 0.625. The Morgan fingerprint density at radius 3 is 2.90 bits per heavy atom. The summed E-state index contributed by atoms with van der Waals surface area (Å²) in [4.78, 5) is 4.45. The number of oxime groups is 1. The second-order valence-corrected chi connectivity index (χ2v) is 1.78. The average Bonchev–Trinajstić information content (AvgIpc) is 1.97. The molecule has 0 fully saturated rings. The van der Waals surface area contributed by atoms with Crippen LogP contribution in [0.5, 0.6) is 0 Å². The van der Waals surface area contributed by atoms with Crippen LogP contribution in [-0.2, 0) is 4.84 Å². The predicted octanol–water partition coefficient (Wildman–Crippen LogP) is 1.81. The number of nitrogens with zero attached hydrogens (tertiary/aromatic N) is 1. The number of hydrogen-bond donors (Lipinski definition) is 0. The summed E-state index contributed by atoms with van der Waals surface area (Å²) in [6.45, 7) is 2.11. The zero-order chi connectivity index (χ0) is 7.66. The van der Waals surface area contributed by atoms with Crippen molar-refractivity contribution in [1.82, 2.24) is 0 Å². The zero-order valence-corrected chi connectivity index (χ0v) is 6.55. The van der Waals surface area contributed by atoms with Crippen molar-refractivity contribution in [1.29, 1.82) is 0 Å². The molecule has 0 radical (unpaired) electrons. The minimum Gasteiger partial charge on any atom is -0.399 e. The Morgan fingerprint density at radius 2 is 2.30 bits per heavy atom. The Bertz CT molecular complexity index is 141. The van der Waals surface area contributed by atoms with Crippen molar-refractivity contribution in [3.63, 3.8) is 0 Å². The van der Waals surface area contributed by atoms with E-state index in [1.807, 2.05) is 0 Å². The van der Waals surface area contributed by atoms with Crippen LogP contribution in [0.3, 0.4) is 0 Å². The molecular formula is C8H13NO. The first-order chi connectivity index (χ1) is 4.91. The van der Waals surface area contributed by atoms with Gasteiger partial charge < -0.3 is 4.84 Å². The first kappa shape index (κ1) is 9.03. The Kier molecular flexibility index (Phi) is 7.25. The van der Waals surface area contributed by atoms with Crippen LogP contribution < -0.4 is 0 Å². The topological polar surface area (TPSA) is 21.6 Å². The minimum absolute atomic E-state index is 0.688. The molecule has 0 aromatic heterocycles. The van der Waals surface area contributed by atoms with Crippen LogP contribution >= 0.6 is 0 Å². The summed E-state index contributed by atoms with van der Waals surface area (Å²) in [6.07, 6.45) is 4.44. The maximum atomic E-state index is 4.45. The largest absolute Gasteiger partial charge is 0.399 e. The maximum absolute atomic E-state index is 4.45. The van der Waals surface area contributed by atoms with Crippen molar-refractivity contribution in [3.05, 3.63) is 0 Å². The molecule has 0 unspecified atom stereocenters. The van der Waals surface area contributed by atoms with Gasteiger partial charge in [-0.1, -0.05) is 18.0 Å². The summed E-state index contributed by atoms with van der Waals surface area (Å²) in [5, 5.41) is 3.54. The average molecular weight is 139 g/mol. The Labute approximate surface area is 62.3 Å². The standard InChI is InChI=1S/C8H13NO/c1-3-4-5-6-7-8-9-10-2/h8H,3-4,7H2,1-2H3/b9-8+. The van der Waals surface area contributed by atoms with Gasteiger partial charge in [0.1, 0.15) is 7.11 Å². The molecule has 10 heavy (non-hydrogen) atoms. The van der Waals surface area contributed by atoms with Gasteiger partial charge in [-0.2, -0.15) is 0 Å². The number of hydrogen-bond acceptors (Lipinski definition) is 2. The molecule has 0 heterocycles. The molecule has 0 rings (SSSR count). The van der Waals surface area contributed by atoms with Crippen LogP contribution in [0, 0.1) is 11.8 Å². The van der Waals surface area contributed by atoms with Gasteiger partial charge in [0, 0.05) is 12.8 Å². The number of rotatable bonds is 3. The zero-order valence-electron chi connectivity index (χ0n) is 6.55. The first-order valence-electron chi connectivity index (χ1n) is 3.42. The van der Waals surface area contributed by atoms with E-state index in [1.54, 1.807) is 6.21 Å². The van der Waals surface area contributed by atoms with Crippen LogP contribution in [-0.4, -0.2) is 13.3 Å². The highest BCUT2D eigenvalue weighted by atomic mass is 16.6. The lowest BCUT2D eigenvalue weighted by molar-refractivity contribution is 0.215. The molecule has 0 amide bonds. The van der Waals surface area contributed by atoms with Gasteiger partial charge in [-0.25, -0.2) is 0 Å². The van der Waals surface area contributed by atoms with E-state index in [0.29, 0.717) is 6.42 Å². The van der Waals surface area contributed by atoms with Gasteiger partial charge in [-0.05, 0) is 6.42 Å². The van der Waals surface area contributed by atoms with Gasteiger partial charge in [0.15, 0.2) is 0 Å². The summed E-state index contributed by atoms with van der Waals surface area (Å²) in [5.41, 5.74) is 0. The summed E-state index contributed by atoms with van der Waals surface area (Å²) in [6, 6.07) is 0. The van der Waals surface area contributed by atoms with E-state index in [-0.39, 0.29) is 0 Å². The van der Waals surface area contributed by atoms with Crippen molar-refractivity contribution in [2.75, 3.05) is 7.11 Å². The first-order valence-corrected chi connectivity index (χ1v) is 3.42. The molecule has 2 heteroatoms. The fourth-order valence-corrected chi connectivity index (χ4v) is 0.443. The van der Waals surface area contributed by atoms with Gasteiger partial charge in [-0.3, -0.25) is 0 Å². The molecule has 0 aliphatic heterocycles. The summed E-state index contributed by atoms with van der Waals surface area (Å²) in [5.74, 6) is 5.94. The van der Waals surface area contributed by atoms with E-state index in [0.717, 1.165) is 12.8 Å². The molecule has 0 N–H and O–H groups in total. The quantitative estimate of drug-likeness (QED) is 0.332. The van der Waals surface area contributed by atoms with Crippen LogP contribution in [0.4, 0.5) is 0 Å². The third-order valence-electron chi connectivity index (χ3n) is 0.873. The molecule has 2 nitrogen and oxygen atoms in total. The lowest BCUT2D eigenvalue weighted by Crippen LogP contribution is -1.72. The third-order valence-corrected chi connectivity index (χ3v) is 0.873. The molecule has 0 saturated carbocycles. The van der Waals surface area contributed by atoms with Gasteiger partial charge in [0.2, 0.25) is 0 Å². The predicted molar refractivity (Wildman–Crippen MR) is 42.8 cm³/mol. The lowest BCUT2D eigenvalue weighted by atomic mass is 10.3. The van der Waals surface area contributed by atoms with E-state index >= 15 is 0 Å². The van der Waals surface area contributed by atoms with Crippen molar-refractivity contribution in [2.24, 2.45) is 5.16 Å². The van der Waals surface area contributed by atoms with Crippen molar-refractivity contribution < 1.29 is 4.84 Å². The van der Waals surface area contributed by atoms with E-state index in [9.17, 15) is 0 Å². The summed E-state index contributed by atoms with van der Waals surface area (Å²) >= 11 is 0. The molecule has 0 aliphatic carbocycles. The van der Waals surface area contributed by atoms with Crippen molar-refractivity contribution >= 4 is 6.21 Å². The van der Waals surface area contributed by atoms with Crippen molar-refractivity contribution in [3.8, 4) is 11.8 Å². The molecule has 0 atom stereocenters. The molecule has 0 bridgehead atoms. The molecule has 0 aliphatic rings. The van der Waals surface area contributed by atoms with E-state index in [2.05, 4.69) is 28.8 Å². The third kappa shape index (κ3) is 7.03. The molecule has 56 valence electrons. The molecule has 0 aromatic rings. The highest BCUT2D eigenvalue weighted by molar-refractivity contribution is 5.60. The van der Waals surface area contributed by atoms with Gasteiger partial charge in [0.05, 0.1) is 6.21 Å². The van der Waals surface area contributed by atoms with E-state index < -0.39 is 0 Å². The normalized spacial score (nSPS) is 9.00. The van der Waals surface area contributed by atoms with Gasteiger partial charge in [0.25, 0.3) is 0 Å². The van der Waals surface area contributed by atoms with Crippen LogP contribution in [0.2, 0.25) is 0 Å². The smallest absolute Gasteiger partial charge is 0.106 e. The molecule has 0 saturated heterocycles. The Balaban J connectivity index is 3.19. The summed E-state index contributed by atoms with van der Waals surface area (Å²) in [7, 11) is 1.52. The molecule has 0 spiro atoms. The number of unbranched alkanes of at least 4 members (excludes halogenated alkanes) is 1. The van der Waals surface area contributed by atoms with E-state index in [4.69, 9.17) is 0 Å². The minimum atomic E-state index is 0.688. The van der Waals surface area contributed by atoms with Crippen molar-refractivity contribution in [2.45, 2.75) is 26.2 Å². The Morgan fingerprint density at radius 1 is 1.50 bits per heavy atom. The van der Waals surface area contributed by atoms with E-state index in [1.165, 1.54) is 7.11 Å². The van der Waals surface area contributed by atoms with Crippen LogP contribution in [0.15, 0.2) is 5.16 Å². The highest BCUT2D eigenvalue weighted by Gasteiger charge is 1.70. The highest BCUT2D eigenvalue weighted by Crippen LogP contribution is 1.81. The SMILES string of the molecule is CCCC#CC/C=N/OC. The van der Waals surface area contributed by atoms with Crippen LogP contribution in [0.1, 0.15) is 26.2 Å². The van der Waals surface area contributed by atoms with Gasteiger partial charge in [-0.15, -0.1) is 5.92 Å². The summed E-state index contributed by atoms with van der Waals surface area (Å²) < 4.78 is 0.